The lowest BCUT2D eigenvalue weighted by molar-refractivity contribution is 0.0307. The molecule has 0 aliphatic carbocycles. The van der Waals surface area contributed by atoms with Gasteiger partial charge in [-0.25, -0.2) is 0 Å². The quantitative estimate of drug-likeness (QED) is 0.563. The zero-order valence-corrected chi connectivity index (χ0v) is 6.61. The largest absolute Gasteiger partial charge is 0.363 e. The first kappa shape index (κ1) is 6.73. The molecule has 0 amide bonds. The molecular formula is C8H10N2O. The van der Waals surface area contributed by atoms with Crippen LogP contribution >= 0.6 is 0 Å². The topological polar surface area (TPSA) is 35.0 Å². The van der Waals surface area contributed by atoms with Gasteiger partial charge in [-0.15, -0.1) is 0 Å². The van der Waals surface area contributed by atoms with Crippen molar-refractivity contribution in [2.45, 2.75) is 26.1 Å². The van der Waals surface area contributed by atoms with Crippen LogP contribution in [-0.4, -0.2) is 9.97 Å². The van der Waals surface area contributed by atoms with Gasteiger partial charge in [-0.3, -0.25) is 9.97 Å². The number of fused-ring (bicyclic) bond motifs is 1. The molecule has 0 bridgehead atoms. The normalized spacial score (nSPS) is 28.5. The molecule has 58 valence electrons. The van der Waals surface area contributed by atoms with Crippen LogP contribution < -0.4 is 0 Å². The summed E-state index contributed by atoms with van der Waals surface area (Å²) in [6.07, 6.45) is 3.62. The second-order valence-corrected chi connectivity index (χ2v) is 2.75. The summed E-state index contributed by atoms with van der Waals surface area (Å²) in [6.45, 7) is 3.99. The smallest absolute Gasteiger partial charge is 0.0995 e. The molecule has 2 atom stereocenters. The van der Waals surface area contributed by atoms with Crippen molar-refractivity contribution >= 4 is 0 Å². The zero-order valence-electron chi connectivity index (χ0n) is 6.61. The van der Waals surface area contributed by atoms with Gasteiger partial charge in [-0.1, -0.05) is 0 Å². The fourth-order valence-electron chi connectivity index (χ4n) is 1.42. The molecule has 1 aromatic rings. The minimum absolute atomic E-state index is 0.105. The predicted molar refractivity (Wildman–Crippen MR) is 39.9 cm³/mol. The standard InChI is InChI=1S/C8H10N2O/c1-5-7-8(6(2)11-5)10-4-3-9-7/h3-6H,1-2H3/t5-,6+. The van der Waals surface area contributed by atoms with Crippen LogP contribution in [0.25, 0.3) is 0 Å². The third kappa shape index (κ3) is 0.922. The third-order valence-electron chi connectivity index (χ3n) is 1.93. The van der Waals surface area contributed by atoms with E-state index in [-0.39, 0.29) is 12.2 Å². The summed E-state index contributed by atoms with van der Waals surface area (Å²) < 4.78 is 5.51. The van der Waals surface area contributed by atoms with E-state index in [2.05, 4.69) is 9.97 Å². The Bertz CT molecular complexity index is 248. The molecule has 0 saturated carbocycles. The van der Waals surface area contributed by atoms with E-state index in [1.54, 1.807) is 12.4 Å². The van der Waals surface area contributed by atoms with Gasteiger partial charge in [-0.2, -0.15) is 0 Å². The third-order valence-corrected chi connectivity index (χ3v) is 1.93. The molecule has 0 fully saturated rings. The lowest BCUT2D eigenvalue weighted by Gasteiger charge is -2.02. The molecule has 2 heterocycles. The fraction of sp³-hybridized carbons (Fsp3) is 0.500. The number of hydrogen-bond acceptors (Lipinski definition) is 3. The molecule has 0 aromatic carbocycles. The monoisotopic (exact) mass is 150 g/mol. The van der Waals surface area contributed by atoms with Crippen LogP contribution in [0.3, 0.4) is 0 Å². The number of rotatable bonds is 0. The Morgan fingerprint density at radius 3 is 2.00 bits per heavy atom. The number of ether oxygens (including phenoxy) is 1. The lowest BCUT2D eigenvalue weighted by atomic mass is 10.2. The van der Waals surface area contributed by atoms with Crippen LogP contribution in [0.5, 0.6) is 0 Å². The fourth-order valence-corrected chi connectivity index (χ4v) is 1.42. The van der Waals surface area contributed by atoms with Crippen molar-refractivity contribution in [2.75, 3.05) is 0 Å². The van der Waals surface area contributed by atoms with E-state index in [4.69, 9.17) is 4.74 Å². The molecule has 1 aliphatic rings. The molecule has 1 aromatic heterocycles. The van der Waals surface area contributed by atoms with Crippen LogP contribution in [0.1, 0.15) is 37.4 Å². The van der Waals surface area contributed by atoms with Gasteiger partial charge in [0.25, 0.3) is 0 Å². The van der Waals surface area contributed by atoms with Gasteiger partial charge in [0.05, 0.1) is 23.6 Å². The highest BCUT2D eigenvalue weighted by molar-refractivity contribution is 5.19. The van der Waals surface area contributed by atoms with E-state index < -0.39 is 0 Å². The highest BCUT2D eigenvalue weighted by Crippen LogP contribution is 2.34. The molecular weight excluding hydrogens is 140 g/mol. The Morgan fingerprint density at radius 2 is 1.55 bits per heavy atom. The van der Waals surface area contributed by atoms with Crippen molar-refractivity contribution in [3.8, 4) is 0 Å². The number of aromatic nitrogens is 2. The van der Waals surface area contributed by atoms with E-state index in [0.717, 1.165) is 11.4 Å². The molecule has 0 radical (unpaired) electrons. The summed E-state index contributed by atoms with van der Waals surface area (Å²) in [5.74, 6) is 0. The molecule has 1 aliphatic heterocycles. The van der Waals surface area contributed by atoms with Gasteiger partial charge in [-0.05, 0) is 13.8 Å². The van der Waals surface area contributed by atoms with Gasteiger partial charge in [0, 0.05) is 12.4 Å². The van der Waals surface area contributed by atoms with Gasteiger partial charge in [0.2, 0.25) is 0 Å². The molecule has 0 unspecified atom stereocenters. The molecule has 0 saturated heterocycles. The highest BCUT2D eigenvalue weighted by Gasteiger charge is 2.27. The van der Waals surface area contributed by atoms with Crippen molar-refractivity contribution < 1.29 is 4.74 Å². The zero-order chi connectivity index (χ0) is 7.84. The van der Waals surface area contributed by atoms with Crippen molar-refractivity contribution in [1.29, 1.82) is 0 Å². The van der Waals surface area contributed by atoms with Crippen molar-refractivity contribution in [2.24, 2.45) is 0 Å². The van der Waals surface area contributed by atoms with Gasteiger partial charge in [0.1, 0.15) is 0 Å². The molecule has 3 heteroatoms. The Hall–Kier alpha value is -0.960. The first-order chi connectivity index (χ1) is 5.29. The number of hydrogen-bond donors (Lipinski definition) is 0. The summed E-state index contributed by atoms with van der Waals surface area (Å²) in [4.78, 5) is 8.41. The van der Waals surface area contributed by atoms with Crippen molar-refractivity contribution in [1.82, 2.24) is 9.97 Å². The number of nitrogens with zero attached hydrogens (tertiary/aromatic N) is 2. The van der Waals surface area contributed by atoms with Crippen LogP contribution in [0.2, 0.25) is 0 Å². The van der Waals surface area contributed by atoms with Crippen LogP contribution in [-0.2, 0) is 4.74 Å². The Balaban J connectivity index is 2.52. The Morgan fingerprint density at radius 1 is 1.09 bits per heavy atom. The molecule has 3 nitrogen and oxygen atoms in total. The van der Waals surface area contributed by atoms with Crippen LogP contribution in [0, 0.1) is 0 Å². The molecule has 11 heavy (non-hydrogen) atoms. The van der Waals surface area contributed by atoms with Crippen molar-refractivity contribution in [3.63, 3.8) is 0 Å². The maximum atomic E-state index is 5.51. The van der Waals surface area contributed by atoms with E-state index in [0.29, 0.717) is 0 Å². The maximum Gasteiger partial charge on any atom is 0.0995 e. The lowest BCUT2D eigenvalue weighted by Crippen LogP contribution is -1.93. The molecule has 0 N–H and O–H groups in total. The summed E-state index contributed by atoms with van der Waals surface area (Å²) in [7, 11) is 0. The minimum atomic E-state index is 0.105. The van der Waals surface area contributed by atoms with E-state index in [1.165, 1.54) is 0 Å². The second kappa shape index (κ2) is 2.27. The summed E-state index contributed by atoms with van der Waals surface area (Å²) in [5.41, 5.74) is 1.97. The van der Waals surface area contributed by atoms with Crippen molar-refractivity contribution in [3.05, 3.63) is 23.8 Å². The molecule has 2 rings (SSSR count). The van der Waals surface area contributed by atoms with Gasteiger partial charge < -0.3 is 4.74 Å². The van der Waals surface area contributed by atoms with Crippen LogP contribution in [0.4, 0.5) is 0 Å². The van der Waals surface area contributed by atoms with Gasteiger partial charge >= 0.3 is 0 Å². The van der Waals surface area contributed by atoms with Gasteiger partial charge in [0.15, 0.2) is 0 Å². The average molecular weight is 150 g/mol. The Kier molecular flexibility index (Phi) is 1.39. The van der Waals surface area contributed by atoms with Crippen LogP contribution in [0.15, 0.2) is 12.4 Å². The summed E-state index contributed by atoms with van der Waals surface area (Å²) in [6, 6.07) is 0. The first-order valence-corrected chi connectivity index (χ1v) is 3.75. The van der Waals surface area contributed by atoms with E-state index in [9.17, 15) is 0 Å². The minimum Gasteiger partial charge on any atom is -0.363 e. The first-order valence-electron chi connectivity index (χ1n) is 3.75. The van der Waals surface area contributed by atoms with E-state index in [1.807, 2.05) is 13.8 Å². The Labute approximate surface area is 65.4 Å². The molecule has 0 spiro atoms. The maximum absolute atomic E-state index is 5.51. The summed E-state index contributed by atoms with van der Waals surface area (Å²) >= 11 is 0. The average Bonchev–Trinajstić information content (AvgIpc) is 2.30. The second-order valence-electron chi connectivity index (χ2n) is 2.75. The highest BCUT2D eigenvalue weighted by atomic mass is 16.5. The van der Waals surface area contributed by atoms with E-state index >= 15 is 0 Å². The SMILES string of the molecule is C[C@@H]1O[C@H](C)c2nccnc21. The predicted octanol–water partition coefficient (Wildman–Crippen LogP) is 1.63. The summed E-state index contributed by atoms with van der Waals surface area (Å²) in [5, 5.41) is 0.